The fraction of sp³-hybridized carbons (Fsp3) is 0.105. The molecule has 0 saturated heterocycles. The molecule has 1 amide bonds. The van der Waals surface area contributed by atoms with E-state index in [0.29, 0.717) is 33.3 Å². The molecule has 0 saturated carbocycles. The first-order valence-corrected chi connectivity index (χ1v) is 9.51. The minimum absolute atomic E-state index is 0.202. The van der Waals surface area contributed by atoms with Gasteiger partial charge in [0.25, 0.3) is 11.5 Å². The van der Waals surface area contributed by atoms with Crippen molar-refractivity contribution in [2.24, 2.45) is 4.99 Å². The second-order valence-corrected chi connectivity index (χ2v) is 7.70. The topological polar surface area (TPSA) is 66.7 Å². The van der Waals surface area contributed by atoms with E-state index in [1.54, 1.807) is 10.6 Å². The number of carbonyl (C=O) groups excluding carboxylic acids is 1. The Morgan fingerprint density at radius 3 is 2.81 bits per heavy atom. The van der Waals surface area contributed by atoms with Crippen molar-refractivity contribution in [3.8, 4) is 0 Å². The highest BCUT2D eigenvalue weighted by atomic mass is 35.5. The molecule has 0 spiro atoms. The average Bonchev–Trinajstić information content (AvgIpc) is 3.17. The Bertz CT molecular complexity index is 1280. The largest absolute Gasteiger partial charge is 0.334 e. The zero-order chi connectivity index (χ0) is 18.5. The zero-order valence-corrected chi connectivity index (χ0v) is 15.5. The number of aromatic nitrogens is 1. The summed E-state index contributed by atoms with van der Waals surface area (Å²) in [7, 11) is 0. The molecule has 3 aromatic rings. The van der Waals surface area contributed by atoms with Crippen LogP contribution in [-0.4, -0.2) is 17.1 Å². The number of rotatable bonds is 1. The molecule has 5 rings (SSSR count). The van der Waals surface area contributed by atoms with Crippen LogP contribution < -0.4 is 25.1 Å². The first kappa shape index (κ1) is 16.3. The van der Waals surface area contributed by atoms with Gasteiger partial charge in [0.2, 0.25) is 0 Å². The summed E-state index contributed by atoms with van der Waals surface area (Å²) in [4.78, 5) is 32.7. The third-order valence-corrected chi connectivity index (χ3v) is 5.97. The number of hydrogen-bond donors (Lipinski definition) is 1. The molecule has 2 aliphatic heterocycles. The molecule has 2 aromatic carbocycles. The Morgan fingerprint density at radius 2 is 1.96 bits per heavy atom. The summed E-state index contributed by atoms with van der Waals surface area (Å²) in [6, 6.07) is 14.8. The molecule has 8 heteroatoms. The van der Waals surface area contributed by atoms with E-state index in [1.165, 1.54) is 11.3 Å². The van der Waals surface area contributed by atoms with E-state index in [2.05, 4.69) is 10.3 Å². The second kappa shape index (κ2) is 6.07. The van der Waals surface area contributed by atoms with Crippen LogP contribution in [0.3, 0.4) is 0 Å². The lowest BCUT2D eigenvalue weighted by Crippen LogP contribution is -2.43. The van der Waals surface area contributed by atoms with Gasteiger partial charge in [0.15, 0.2) is 4.80 Å². The number of anilines is 2. The highest BCUT2D eigenvalue weighted by Gasteiger charge is 2.27. The van der Waals surface area contributed by atoms with E-state index >= 15 is 0 Å². The lowest BCUT2D eigenvalue weighted by Gasteiger charge is -2.25. The Labute approximate surface area is 162 Å². The fourth-order valence-electron chi connectivity index (χ4n) is 3.34. The van der Waals surface area contributed by atoms with Crippen molar-refractivity contribution in [1.29, 1.82) is 0 Å². The van der Waals surface area contributed by atoms with Crippen LogP contribution in [0.4, 0.5) is 11.4 Å². The van der Waals surface area contributed by atoms with Gasteiger partial charge in [0, 0.05) is 22.0 Å². The van der Waals surface area contributed by atoms with Gasteiger partial charge < -0.3 is 10.2 Å². The minimum Gasteiger partial charge on any atom is -0.334 e. The van der Waals surface area contributed by atoms with Gasteiger partial charge in [-0.1, -0.05) is 47.2 Å². The number of nitrogens with zero attached hydrogens (tertiary/aromatic N) is 3. The van der Waals surface area contributed by atoms with Gasteiger partial charge in [-0.2, -0.15) is 0 Å². The van der Waals surface area contributed by atoms with Crippen molar-refractivity contribution in [3.05, 3.63) is 78.8 Å². The monoisotopic (exact) mass is 396 g/mol. The zero-order valence-electron chi connectivity index (χ0n) is 14.0. The predicted molar refractivity (Wildman–Crippen MR) is 106 cm³/mol. The normalized spacial score (nSPS) is 17.2. The van der Waals surface area contributed by atoms with Crippen molar-refractivity contribution in [2.75, 3.05) is 16.9 Å². The lowest BCUT2D eigenvalue weighted by molar-refractivity contribution is -0.110. The van der Waals surface area contributed by atoms with E-state index in [1.807, 2.05) is 47.4 Å². The van der Waals surface area contributed by atoms with E-state index in [9.17, 15) is 9.59 Å². The van der Waals surface area contributed by atoms with Crippen LogP contribution in [0.25, 0.3) is 5.57 Å². The van der Waals surface area contributed by atoms with Crippen molar-refractivity contribution in [1.82, 2.24) is 4.57 Å². The average molecular weight is 397 g/mol. The summed E-state index contributed by atoms with van der Waals surface area (Å²) in [6.07, 6.45) is 0. The smallest absolute Gasteiger partial charge is 0.272 e. The van der Waals surface area contributed by atoms with E-state index in [4.69, 9.17) is 11.6 Å². The predicted octanol–water partition coefficient (Wildman–Crippen LogP) is 1.77. The van der Waals surface area contributed by atoms with Crippen molar-refractivity contribution < 1.29 is 4.79 Å². The van der Waals surface area contributed by atoms with Gasteiger partial charge in [-0.3, -0.25) is 14.2 Å². The first-order chi connectivity index (χ1) is 13.1. The molecule has 0 fully saturated rings. The quantitative estimate of drug-likeness (QED) is 0.681. The number of benzene rings is 2. The van der Waals surface area contributed by atoms with Crippen LogP contribution >= 0.6 is 22.9 Å². The van der Waals surface area contributed by atoms with Crippen molar-refractivity contribution in [3.63, 3.8) is 0 Å². The Kier molecular flexibility index (Phi) is 3.66. The highest BCUT2D eigenvalue weighted by Crippen LogP contribution is 2.29. The maximum atomic E-state index is 13.1. The molecule has 0 atom stereocenters. The number of carbonyl (C=O) groups is 1. The minimum atomic E-state index is -0.251. The van der Waals surface area contributed by atoms with Gasteiger partial charge >= 0.3 is 0 Å². The molecule has 3 heterocycles. The molecule has 1 aromatic heterocycles. The number of hydrogen-bond acceptors (Lipinski definition) is 5. The van der Waals surface area contributed by atoms with Gasteiger partial charge in [0.05, 0.1) is 5.57 Å². The van der Waals surface area contributed by atoms with Gasteiger partial charge in [-0.15, -0.1) is 0 Å². The summed E-state index contributed by atoms with van der Waals surface area (Å²) < 4.78 is 2.02. The van der Waals surface area contributed by atoms with Crippen LogP contribution in [0.5, 0.6) is 0 Å². The Morgan fingerprint density at radius 1 is 1.11 bits per heavy atom. The fourth-order valence-corrected chi connectivity index (χ4v) is 4.58. The molecule has 0 radical (unpaired) electrons. The molecule has 6 nitrogen and oxygen atoms in total. The van der Waals surface area contributed by atoms with Gasteiger partial charge in [-0.05, 0) is 24.3 Å². The molecule has 134 valence electrons. The van der Waals surface area contributed by atoms with E-state index in [-0.39, 0.29) is 11.5 Å². The molecule has 0 bridgehead atoms. The lowest BCUT2D eigenvalue weighted by atomic mass is 10.1. The van der Waals surface area contributed by atoms with Crippen molar-refractivity contribution in [2.45, 2.75) is 6.67 Å². The van der Waals surface area contributed by atoms with Crippen molar-refractivity contribution >= 4 is 45.8 Å². The van der Waals surface area contributed by atoms with Crippen LogP contribution in [0.1, 0.15) is 5.56 Å². The second-order valence-electron chi connectivity index (χ2n) is 6.28. The summed E-state index contributed by atoms with van der Waals surface area (Å²) in [6.45, 7) is 0.795. The SMILES string of the molecule is O=C1Nc2ccccc2/C1=c1/sc2n(c1=O)CN(c1cccc(Cl)c1)CN=2. The summed E-state index contributed by atoms with van der Waals surface area (Å²) in [5.41, 5.74) is 2.60. The number of nitrogens with one attached hydrogen (secondary N) is 1. The van der Waals surface area contributed by atoms with Gasteiger partial charge in [0.1, 0.15) is 17.9 Å². The third kappa shape index (κ3) is 2.58. The Balaban J connectivity index is 1.65. The number of amides is 1. The molecular formula is C19H13ClN4O2S. The van der Waals surface area contributed by atoms with Crippen LogP contribution in [-0.2, 0) is 11.5 Å². The number of thiazole rings is 1. The Hall–Kier alpha value is -2.90. The molecule has 27 heavy (non-hydrogen) atoms. The number of fused-ring (bicyclic) bond motifs is 2. The molecule has 0 aliphatic carbocycles. The van der Waals surface area contributed by atoms with Crippen LogP contribution in [0.2, 0.25) is 5.02 Å². The van der Waals surface area contributed by atoms with E-state index < -0.39 is 0 Å². The highest BCUT2D eigenvalue weighted by molar-refractivity contribution is 7.07. The van der Waals surface area contributed by atoms with E-state index in [0.717, 1.165) is 16.9 Å². The maximum Gasteiger partial charge on any atom is 0.272 e. The summed E-state index contributed by atoms with van der Waals surface area (Å²) in [5.74, 6) is -0.251. The third-order valence-electron chi connectivity index (χ3n) is 4.62. The standard InChI is InChI=1S/C19H13ClN4O2S/c20-11-4-3-5-12(8-11)23-9-21-19-24(10-23)18(26)16(27-19)15-13-6-1-2-7-14(13)22-17(15)25/h1-8H,9-10H2,(H,22,25)/b16-15-. The summed E-state index contributed by atoms with van der Waals surface area (Å²) >= 11 is 7.34. The molecule has 2 aliphatic rings. The number of para-hydroxylation sites is 1. The van der Waals surface area contributed by atoms with Crippen LogP contribution in [0, 0.1) is 0 Å². The first-order valence-electron chi connectivity index (χ1n) is 8.31. The number of halogens is 1. The molecular weight excluding hydrogens is 384 g/mol. The van der Waals surface area contributed by atoms with Crippen LogP contribution in [0.15, 0.2) is 58.3 Å². The van der Waals surface area contributed by atoms with Gasteiger partial charge in [-0.25, -0.2) is 4.99 Å². The molecule has 0 unspecified atom stereocenters. The summed E-state index contributed by atoms with van der Waals surface area (Å²) in [5, 5.41) is 3.45. The maximum absolute atomic E-state index is 13.1. The molecule has 1 N–H and O–H groups in total.